The van der Waals surface area contributed by atoms with E-state index in [9.17, 15) is 0 Å². The van der Waals surface area contributed by atoms with E-state index in [4.69, 9.17) is 21.7 Å². The first-order chi connectivity index (χ1) is 12.2. The van der Waals surface area contributed by atoms with Crippen molar-refractivity contribution in [1.82, 2.24) is 19.1 Å². The smallest absolute Gasteiger partial charge is 0.203 e. The van der Waals surface area contributed by atoms with Crippen LogP contribution < -0.4 is 9.47 Å². The number of hydrogen-bond donors (Lipinski definition) is 0. The fourth-order valence-electron chi connectivity index (χ4n) is 3.31. The molecule has 2 aromatic heterocycles. The van der Waals surface area contributed by atoms with Gasteiger partial charge in [-0.1, -0.05) is 6.07 Å². The number of benzene rings is 1. The Hall–Kier alpha value is -2.38. The van der Waals surface area contributed by atoms with Crippen molar-refractivity contribution in [2.45, 2.75) is 19.6 Å². The van der Waals surface area contributed by atoms with Crippen molar-refractivity contribution >= 4 is 17.9 Å². The maximum Gasteiger partial charge on any atom is 0.203 e. The molecule has 0 saturated carbocycles. The standard InChI is InChI=1S/C18H20N4O2S/c1-23-15-9-13-6-8-20(11-14(13)10-16(15)24-2)12-22-18(25)21-7-4-3-5-17(21)19-22/h3-5,7,9-10H,6,8,11-12H2,1-2H3. The van der Waals surface area contributed by atoms with Crippen molar-refractivity contribution in [2.24, 2.45) is 0 Å². The van der Waals surface area contributed by atoms with Gasteiger partial charge in [0.05, 0.1) is 20.9 Å². The molecule has 0 amide bonds. The van der Waals surface area contributed by atoms with Gasteiger partial charge in [0.1, 0.15) is 0 Å². The van der Waals surface area contributed by atoms with Crippen molar-refractivity contribution in [3.05, 3.63) is 52.4 Å². The lowest BCUT2D eigenvalue weighted by atomic mass is 9.99. The SMILES string of the molecule is COc1cc2c(cc1OC)CN(Cn1nc3ccccn3c1=S)CC2. The quantitative estimate of drug-likeness (QED) is 0.673. The molecule has 6 nitrogen and oxygen atoms in total. The van der Waals surface area contributed by atoms with Gasteiger partial charge >= 0.3 is 0 Å². The maximum atomic E-state index is 5.55. The summed E-state index contributed by atoms with van der Waals surface area (Å²) in [7, 11) is 3.34. The fraction of sp³-hybridized carbons (Fsp3) is 0.333. The summed E-state index contributed by atoms with van der Waals surface area (Å²) in [5.41, 5.74) is 3.45. The largest absolute Gasteiger partial charge is 0.493 e. The monoisotopic (exact) mass is 356 g/mol. The zero-order valence-corrected chi connectivity index (χ0v) is 15.1. The molecular formula is C18H20N4O2S. The number of fused-ring (bicyclic) bond motifs is 2. The molecule has 1 aliphatic heterocycles. The van der Waals surface area contributed by atoms with Crippen LogP contribution >= 0.6 is 12.2 Å². The van der Waals surface area contributed by atoms with Gasteiger partial charge in [-0.2, -0.15) is 5.10 Å². The third-order valence-corrected chi connectivity index (χ3v) is 5.03. The minimum Gasteiger partial charge on any atom is -0.493 e. The number of hydrogen-bond acceptors (Lipinski definition) is 5. The molecule has 1 aromatic carbocycles. The molecule has 3 aromatic rings. The number of rotatable bonds is 4. The van der Waals surface area contributed by atoms with E-state index >= 15 is 0 Å². The van der Waals surface area contributed by atoms with Crippen molar-refractivity contribution < 1.29 is 9.47 Å². The van der Waals surface area contributed by atoms with Crippen LogP contribution in [0.1, 0.15) is 11.1 Å². The summed E-state index contributed by atoms with van der Waals surface area (Å²) in [6, 6.07) is 10.1. The highest BCUT2D eigenvalue weighted by Gasteiger charge is 2.20. The molecule has 0 bridgehead atoms. The van der Waals surface area contributed by atoms with Crippen molar-refractivity contribution in [2.75, 3.05) is 20.8 Å². The molecule has 25 heavy (non-hydrogen) atoms. The molecule has 3 heterocycles. The van der Waals surface area contributed by atoms with E-state index in [1.54, 1.807) is 14.2 Å². The first kappa shape index (κ1) is 16.1. The topological polar surface area (TPSA) is 43.9 Å². The first-order valence-corrected chi connectivity index (χ1v) is 8.61. The van der Waals surface area contributed by atoms with Gasteiger partial charge in [-0.25, -0.2) is 4.68 Å². The van der Waals surface area contributed by atoms with Crippen LogP contribution in [0.5, 0.6) is 11.5 Å². The van der Waals surface area contributed by atoms with Gasteiger partial charge in [0.2, 0.25) is 4.77 Å². The van der Waals surface area contributed by atoms with Gasteiger partial charge in [0.25, 0.3) is 0 Å². The van der Waals surface area contributed by atoms with Crippen molar-refractivity contribution in [1.29, 1.82) is 0 Å². The molecule has 1 aliphatic rings. The minimum absolute atomic E-state index is 0.675. The third kappa shape index (κ3) is 2.89. The maximum absolute atomic E-state index is 5.55. The first-order valence-electron chi connectivity index (χ1n) is 8.20. The molecule has 7 heteroatoms. The van der Waals surface area contributed by atoms with Gasteiger partial charge in [0.15, 0.2) is 17.1 Å². The second-order valence-corrected chi connectivity index (χ2v) is 6.50. The molecule has 0 N–H and O–H groups in total. The van der Waals surface area contributed by atoms with Crippen LogP contribution in [0.25, 0.3) is 5.65 Å². The Labute approximate surface area is 151 Å². The van der Waals surface area contributed by atoms with Crippen molar-refractivity contribution in [3.63, 3.8) is 0 Å². The van der Waals surface area contributed by atoms with E-state index in [1.807, 2.05) is 33.5 Å². The summed E-state index contributed by atoms with van der Waals surface area (Å²) in [4.78, 5) is 2.34. The van der Waals surface area contributed by atoms with Gasteiger partial charge in [0, 0.05) is 19.3 Å². The second kappa shape index (κ2) is 6.50. The molecule has 4 rings (SSSR count). The van der Waals surface area contributed by atoms with Crippen LogP contribution in [0.15, 0.2) is 36.5 Å². The highest BCUT2D eigenvalue weighted by atomic mass is 32.1. The Balaban J connectivity index is 1.59. The van der Waals surface area contributed by atoms with E-state index in [0.29, 0.717) is 11.4 Å². The predicted octanol–water partition coefficient (Wildman–Crippen LogP) is 2.90. The summed E-state index contributed by atoms with van der Waals surface area (Å²) in [6.45, 7) is 2.47. The van der Waals surface area contributed by atoms with E-state index in [1.165, 1.54) is 11.1 Å². The van der Waals surface area contributed by atoms with E-state index in [2.05, 4.69) is 22.1 Å². The van der Waals surface area contributed by atoms with Gasteiger partial charge in [-0.3, -0.25) is 9.30 Å². The Kier molecular flexibility index (Phi) is 4.19. The molecule has 0 saturated heterocycles. The number of nitrogens with zero attached hydrogens (tertiary/aromatic N) is 4. The highest BCUT2D eigenvalue weighted by molar-refractivity contribution is 7.71. The number of aromatic nitrogens is 3. The van der Waals surface area contributed by atoms with Gasteiger partial charge in [-0.15, -0.1) is 0 Å². The summed E-state index contributed by atoms with van der Waals surface area (Å²) in [5.74, 6) is 1.56. The molecule has 0 aliphatic carbocycles. The molecular weight excluding hydrogens is 336 g/mol. The molecule has 0 fully saturated rings. The van der Waals surface area contributed by atoms with Crippen LogP contribution in [-0.2, 0) is 19.6 Å². The summed E-state index contributed by atoms with van der Waals surface area (Å²) < 4.78 is 15.4. The lowest BCUT2D eigenvalue weighted by Crippen LogP contribution is -2.32. The lowest BCUT2D eigenvalue weighted by Gasteiger charge is -2.29. The normalized spacial score (nSPS) is 14.5. The van der Waals surface area contributed by atoms with E-state index in [0.717, 1.165) is 36.7 Å². The Morgan fingerprint density at radius 3 is 2.60 bits per heavy atom. The van der Waals surface area contributed by atoms with Crippen molar-refractivity contribution in [3.8, 4) is 11.5 Å². The van der Waals surface area contributed by atoms with Gasteiger partial charge < -0.3 is 9.47 Å². The van der Waals surface area contributed by atoms with Crippen LogP contribution in [0.2, 0.25) is 0 Å². The average molecular weight is 356 g/mol. The molecule has 0 atom stereocenters. The summed E-state index contributed by atoms with van der Waals surface area (Å²) in [6.07, 6.45) is 2.92. The lowest BCUT2D eigenvalue weighted by molar-refractivity contribution is 0.188. The molecule has 0 radical (unpaired) electrons. The summed E-state index contributed by atoms with van der Waals surface area (Å²) in [5, 5.41) is 4.61. The number of pyridine rings is 1. The minimum atomic E-state index is 0.675. The number of ether oxygens (including phenoxy) is 2. The fourth-order valence-corrected chi connectivity index (χ4v) is 3.56. The van der Waals surface area contributed by atoms with E-state index < -0.39 is 0 Å². The molecule has 130 valence electrons. The van der Waals surface area contributed by atoms with Crippen LogP contribution in [0.3, 0.4) is 0 Å². The second-order valence-electron chi connectivity index (χ2n) is 6.13. The Bertz CT molecular complexity index is 979. The zero-order valence-electron chi connectivity index (χ0n) is 14.3. The third-order valence-electron chi connectivity index (χ3n) is 4.62. The van der Waals surface area contributed by atoms with Crippen LogP contribution in [0, 0.1) is 4.77 Å². The summed E-state index contributed by atoms with van der Waals surface area (Å²) >= 11 is 5.55. The Morgan fingerprint density at radius 1 is 1.12 bits per heavy atom. The Morgan fingerprint density at radius 2 is 1.88 bits per heavy atom. The zero-order chi connectivity index (χ0) is 17.4. The van der Waals surface area contributed by atoms with Crippen LogP contribution in [-0.4, -0.2) is 39.8 Å². The highest BCUT2D eigenvalue weighted by Crippen LogP contribution is 2.33. The van der Waals surface area contributed by atoms with Gasteiger partial charge in [-0.05, 0) is 54.0 Å². The van der Waals surface area contributed by atoms with E-state index in [-0.39, 0.29) is 0 Å². The number of methoxy groups -OCH3 is 2. The predicted molar refractivity (Wildman–Crippen MR) is 97.7 cm³/mol. The molecule has 0 unspecified atom stereocenters. The molecule has 0 spiro atoms. The van der Waals surface area contributed by atoms with Crippen LogP contribution in [0.4, 0.5) is 0 Å². The average Bonchev–Trinajstić information content (AvgIpc) is 2.96.